The van der Waals surface area contributed by atoms with Crippen molar-refractivity contribution in [1.29, 1.82) is 0 Å². The third-order valence-corrected chi connectivity index (χ3v) is 4.04. The van der Waals surface area contributed by atoms with Crippen LogP contribution in [0.3, 0.4) is 0 Å². The maximum absolute atomic E-state index is 12.3. The second-order valence-electron chi connectivity index (χ2n) is 5.53. The van der Waals surface area contributed by atoms with Gasteiger partial charge in [-0.05, 0) is 12.8 Å². The first-order valence-electron chi connectivity index (χ1n) is 6.82. The van der Waals surface area contributed by atoms with E-state index in [0.29, 0.717) is 12.8 Å². The Morgan fingerprint density at radius 3 is 2.25 bits per heavy atom. The number of aliphatic carboxylic acids is 1. The van der Waals surface area contributed by atoms with Crippen LogP contribution < -0.4 is 11.5 Å². The molecule has 1 atom stereocenters. The number of carbonyl (C=O) groups excluding carboxylic acids is 2. The normalized spacial score (nSPS) is 19.1. The molecule has 7 nitrogen and oxygen atoms in total. The first kappa shape index (κ1) is 16.4. The quantitative estimate of drug-likeness (QED) is 0.624. The Morgan fingerprint density at radius 1 is 1.25 bits per heavy atom. The molecule has 1 aliphatic carbocycles. The van der Waals surface area contributed by atoms with Crippen LogP contribution in [0.4, 0.5) is 0 Å². The predicted octanol–water partition coefficient (Wildman–Crippen LogP) is -0.175. The van der Waals surface area contributed by atoms with Crippen LogP contribution >= 0.6 is 0 Å². The molecule has 0 spiro atoms. The van der Waals surface area contributed by atoms with E-state index >= 15 is 0 Å². The number of primary amides is 1. The summed E-state index contributed by atoms with van der Waals surface area (Å²) in [6, 6.07) is -1.01. The largest absolute Gasteiger partial charge is 0.481 e. The molecule has 0 radical (unpaired) electrons. The molecule has 5 N–H and O–H groups in total. The van der Waals surface area contributed by atoms with Gasteiger partial charge in [0, 0.05) is 7.05 Å². The molecule has 0 bridgehead atoms. The number of likely N-dealkylation sites (N-methyl/N-ethyl adjacent to an activating group) is 1. The summed E-state index contributed by atoms with van der Waals surface area (Å²) in [4.78, 5) is 35.6. The summed E-state index contributed by atoms with van der Waals surface area (Å²) in [5, 5.41) is 9.10. The van der Waals surface area contributed by atoms with E-state index in [4.69, 9.17) is 16.6 Å². The van der Waals surface area contributed by atoms with Gasteiger partial charge in [0.25, 0.3) is 0 Å². The lowest BCUT2D eigenvalue weighted by atomic mass is 9.77. The summed E-state index contributed by atoms with van der Waals surface area (Å²) in [6.45, 7) is 0. The number of carboxylic acid groups (broad SMARTS) is 1. The topological polar surface area (TPSA) is 127 Å². The molecule has 0 aromatic heterocycles. The maximum atomic E-state index is 12.3. The van der Waals surface area contributed by atoms with Crippen molar-refractivity contribution in [3.63, 3.8) is 0 Å². The van der Waals surface area contributed by atoms with E-state index in [1.54, 1.807) is 7.05 Å². The Morgan fingerprint density at radius 2 is 1.80 bits per heavy atom. The van der Waals surface area contributed by atoms with Gasteiger partial charge in [0.15, 0.2) is 0 Å². The van der Waals surface area contributed by atoms with Crippen molar-refractivity contribution in [2.75, 3.05) is 7.05 Å². The third-order valence-electron chi connectivity index (χ3n) is 4.04. The third kappa shape index (κ3) is 3.93. The average Bonchev–Trinajstić information content (AvgIpc) is 2.36. The molecule has 1 fully saturated rings. The molecular weight excluding hydrogens is 262 g/mol. The highest BCUT2D eigenvalue weighted by Gasteiger charge is 2.41. The van der Waals surface area contributed by atoms with Gasteiger partial charge in [-0.25, -0.2) is 0 Å². The number of amides is 2. The fraction of sp³-hybridized carbons (Fsp3) is 0.769. The second kappa shape index (κ2) is 6.69. The van der Waals surface area contributed by atoms with Crippen LogP contribution in [0.1, 0.15) is 44.9 Å². The molecule has 1 rings (SSSR count). The van der Waals surface area contributed by atoms with Crippen LogP contribution in [0.5, 0.6) is 0 Å². The first-order valence-corrected chi connectivity index (χ1v) is 6.82. The Balaban J connectivity index is 2.86. The average molecular weight is 285 g/mol. The minimum atomic E-state index is -1.01. The molecular formula is C13H23N3O4. The lowest BCUT2D eigenvalue weighted by molar-refractivity contribution is -0.147. The van der Waals surface area contributed by atoms with Gasteiger partial charge in [-0.3, -0.25) is 14.4 Å². The molecule has 0 aliphatic heterocycles. The molecule has 7 heteroatoms. The maximum Gasteiger partial charge on any atom is 0.305 e. The lowest BCUT2D eigenvalue weighted by Crippen LogP contribution is -2.56. The molecule has 114 valence electrons. The van der Waals surface area contributed by atoms with Crippen LogP contribution in [0.15, 0.2) is 0 Å². The van der Waals surface area contributed by atoms with Gasteiger partial charge >= 0.3 is 5.97 Å². The summed E-state index contributed by atoms with van der Waals surface area (Å²) in [5.41, 5.74) is 10.0. The number of hydrogen-bond acceptors (Lipinski definition) is 4. The summed E-state index contributed by atoms with van der Waals surface area (Å²) < 4.78 is 0. The smallest absolute Gasteiger partial charge is 0.305 e. The van der Waals surface area contributed by atoms with Crippen molar-refractivity contribution in [2.24, 2.45) is 11.5 Å². The first-order chi connectivity index (χ1) is 9.28. The molecule has 0 saturated heterocycles. The van der Waals surface area contributed by atoms with Crippen molar-refractivity contribution in [3.8, 4) is 0 Å². The highest BCUT2D eigenvalue weighted by molar-refractivity contribution is 5.88. The summed E-state index contributed by atoms with van der Waals surface area (Å²) in [7, 11) is 1.57. The van der Waals surface area contributed by atoms with Crippen molar-refractivity contribution < 1.29 is 19.5 Å². The number of carboxylic acids is 1. The molecule has 0 aromatic carbocycles. The molecule has 2 amide bonds. The van der Waals surface area contributed by atoms with Crippen LogP contribution in [-0.2, 0) is 14.4 Å². The predicted molar refractivity (Wildman–Crippen MR) is 72.6 cm³/mol. The Bertz CT molecular complexity index is 391. The van der Waals surface area contributed by atoms with Crippen molar-refractivity contribution in [2.45, 2.75) is 56.5 Å². The Labute approximate surface area is 118 Å². The van der Waals surface area contributed by atoms with E-state index < -0.39 is 29.4 Å². The van der Waals surface area contributed by atoms with E-state index in [0.717, 1.165) is 19.3 Å². The highest BCUT2D eigenvalue weighted by atomic mass is 16.4. The van der Waals surface area contributed by atoms with E-state index in [9.17, 15) is 14.4 Å². The summed E-state index contributed by atoms with van der Waals surface area (Å²) in [5.74, 6) is -2.00. The van der Waals surface area contributed by atoms with E-state index in [1.165, 1.54) is 4.90 Å². The van der Waals surface area contributed by atoms with Crippen LogP contribution in [-0.4, -0.2) is 46.4 Å². The fourth-order valence-electron chi connectivity index (χ4n) is 2.91. The highest BCUT2D eigenvalue weighted by Crippen LogP contribution is 2.36. The van der Waals surface area contributed by atoms with Gasteiger partial charge < -0.3 is 21.5 Å². The minimum Gasteiger partial charge on any atom is -0.481 e. The van der Waals surface area contributed by atoms with Gasteiger partial charge in [0.05, 0.1) is 24.4 Å². The van der Waals surface area contributed by atoms with Crippen LogP contribution in [0.25, 0.3) is 0 Å². The molecule has 1 unspecified atom stereocenters. The summed E-state index contributed by atoms with van der Waals surface area (Å²) >= 11 is 0. The van der Waals surface area contributed by atoms with Gasteiger partial charge in [-0.2, -0.15) is 0 Å². The molecule has 0 aromatic rings. The number of nitrogens with zero attached hydrogens (tertiary/aromatic N) is 1. The molecule has 0 heterocycles. The minimum absolute atomic E-state index is 0.0987. The lowest BCUT2D eigenvalue weighted by Gasteiger charge is -2.44. The zero-order valence-electron chi connectivity index (χ0n) is 11.8. The zero-order valence-corrected chi connectivity index (χ0v) is 11.8. The Kier molecular flexibility index (Phi) is 5.50. The second-order valence-corrected chi connectivity index (χ2v) is 5.53. The van der Waals surface area contributed by atoms with Gasteiger partial charge in [0.2, 0.25) is 11.8 Å². The molecule has 1 aliphatic rings. The van der Waals surface area contributed by atoms with Crippen molar-refractivity contribution in [3.05, 3.63) is 0 Å². The van der Waals surface area contributed by atoms with Crippen molar-refractivity contribution in [1.82, 2.24) is 4.90 Å². The van der Waals surface area contributed by atoms with Crippen molar-refractivity contribution >= 4 is 17.8 Å². The molecule has 1 saturated carbocycles. The van der Waals surface area contributed by atoms with E-state index in [1.807, 2.05) is 0 Å². The number of nitrogens with two attached hydrogens (primary N) is 2. The number of carbonyl (C=O) groups is 3. The van der Waals surface area contributed by atoms with Crippen LogP contribution in [0, 0.1) is 0 Å². The monoisotopic (exact) mass is 285 g/mol. The standard InChI is InChI=1S/C13H23N3O4/c1-16(12(20)9(14)7-10(15)17)13(8-11(18)19)5-3-2-4-6-13/h9H,2-8,14H2,1H3,(H2,15,17)(H,18,19). The van der Waals surface area contributed by atoms with Gasteiger partial charge in [0.1, 0.15) is 0 Å². The van der Waals surface area contributed by atoms with Gasteiger partial charge in [-0.15, -0.1) is 0 Å². The van der Waals surface area contributed by atoms with Gasteiger partial charge in [-0.1, -0.05) is 19.3 Å². The van der Waals surface area contributed by atoms with E-state index in [-0.39, 0.29) is 12.8 Å². The number of hydrogen-bond donors (Lipinski definition) is 3. The fourth-order valence-corrected chi connectivity index (χ4v) is 2.91. The van der Waals surface area contributed by atoms with Crippen LogP contribution in [0.2, 0.25) is 0 Å². The SMILES string of the molecule is CN(C(=O)C(N)CC(N)=O)C1(CC(=O)O)CCCCC1. The summed E-state index contributed by atoms with van der Waals surface area (Å²) in [6.07, 6.45) is 3.77. The number of rotatable bonds is 6. The zero-order chi connectivity index (χ0) is 15.3. The Hall–Kier alpha value is -1.63. The molecule has 20 heavy (non-hydrogen) atoms. The van der Waals surface area contributed by atoms with E-state index in [2.05, 4.69) is 0 Å².